The van der Waals surface area contributed by atoms with E-state index in [4.69, 9.17) is 9.47 Å². The van der Waals surface area contributed by atoms with Gasteiger partial charge in [0.2, 0.25) is 0 Å². The van der Waals surface area contributed by atoms with E-state index in [1.165, 1.54) is 12.1 Å². The zero-order valence-electron chi connectivity index (χ0n) is 12.0. The summed E-state index contributed by atoms with van der Waals surface area (Å²) >= 11 is 3.10. The normalized spacial score (nSPS) is 17.3. The van der Waals surface area contributed by atoms with E-state index in [9.17, 15) is 8.78 Å². The second-order valence-electron chi connectivity index (χ2n) is 5.08. The quantitative estimate of drug-likeness (QED) is 0.753. The summed E-state index contributed by atoms with van der Waals surface area (Å²) in [6.07, 6.45) is 1.50. The number of hydrogen-bond donors (Lipinski definition) is 1. The molecule has 1 aliphatic rings. The van der Waals surface area contributed by atoms with Crippen molar-refractivity contribution in [3.05, 3.63) is 33.8 Å². The summed E-state index contributed by atoms with van der Waals surface area (Å²) in [4.78, 5) is 0. The molecule has 0 radical (unpaired) electrons. The average Bonchev–Trinajstić information content (AvgIpc) is 2.97. The molecule has 6 heteroatoms. The van der Waals surface area contributed by atoms with Crippen molar-refractivity contribution >= 4 is 15.9 Å². The highest BCUT2D eigenvalue weighted by Crippen LogP contribution is 2.24. The molecule has 1 saturated heterocycles. The Morgan fingerprint density at radius 3 is 2.71 bits per heavy atom. The molecule has 2 rings (SSSR count). The molecule has 1 aromatic carbocycles. The van der Waals surface area contributed by atoms with Gasteiger partial charge in [0.25, 0.3) is 0 Å². The van der Waals surface area contributed by atoms with Gasteiger partial charge in [-0.2, -0.15) is 0 Å². The van der Waals surface area contributed by atoms with Crippen molar-refractivity contribution in [2.45, 2.75) is 38.5 Å². The van der Waals surface area contributed by atoms with Crippen LogP contribution in [0.3, 0.4) is 0 Å². The van der Waals surface area contributed by atoms with Crippen molar-refractivity contribution < 1.29 is 18.3 Å². The fraction of sp³-hybridized carbons (Fsp3) is 0.600. The summed E-state index contributed by atoms with van der Waals surface area (Å²) in [5, 5.41) is 3.31. The van der Waals surface area contributed by atoms with Crippen molar-refractivity contribution in [3.8, 4) is 0 Å². The fourth-order valence-corrected chi connectivity index (χ4v) is 2.74. The third-order valence-corrected chi connectivity index (χ3v) is 4.05. The lowest BCUT2D eigenvalue weighted by Gasteiger charge is -2.22. The summed E-state index contributed by atoms with van der Waals surface area (Å²) in [7, 11) is 0. The van der Waals surface area contributed by atoms with Crippen LogP contribution in [-0.2, 0) is 15.9 Å². The molecule has 0 amide bonds. The molecule has 0 aromatic heterocycles. The predicted molar refractivity (Wildman–Crippen MR) is 80.2 cm³/mol. The molecule has 0 saturated carbocycles. The van der Waals surface area contributed by atoms with Gasteiger partial charge in [-0.15, -0.1) is 0 Å². The van der Waals surface area contributed by atoms with E-state index in [0.29, 0.717) is 19.6 Å². The van der Waals surface area contributed by atoms with Crippen molar-refractivity contribution in [2.75, 3.05) is 19.8 Å². The van der Waals surface area contributed by atoms with E-state index in [0.717, 1.165) is 13.0 Å². The lowest BCUT2D eigenvalue weighted by Crippen LogP contribution is -2.36. The van der Waals surface area contributed by atoms with Crippen LogP contribution in [0.15, 0.2) is 16.6 Å². The maximum atomic E-state index is 14.1. The number of nitrogens with one attached hydrogen (secondary N) is 1. The van der Waals surface area contributed by atoms with E-state index in [1.807, 2.05) is 6.92 Å². The summed E-state index contributed by atoms with van der Waals surface area (Å²) < 4.78 is 39.1. The molecule has 1 unspecified atom stereocenters. The van der Waals surface area contributed by atoms with Crippen LogP contribution >= 0.6 is 15.9 Å². The molecule has 0 aliphatic carbocycles. The molecule has 0 spiro atoms. The number of ether oxygens (including phenoxy) is 2. The summed E-state index contributed by atoms with van der Waals surface area (Å²) in [6.45, 7) is 3.98. The minimum absolute atomic E-state index is 0.0913. The molecule has 3 nitrogen and oxygen atoms in total. The van der Waals surface area contributed by atoms with Gasteiger partial charge in [0.15, 0.2) is 6.29 Å². The van der Waals surface area contributed by atoms with Crippen molar-refractivity contribution in [1.29, 1.82) is 0 Å². The minimum Gasteiger partial charge on any atom is -0.350 e. The smallest absolute Gasteiger partial charge is 0.159 e. The molecular formula is C15H20BrF2NO2. The van der Waals surface area contributed by atoms with Crippen molar-refractivity contribution in [3.63, 3.8) is 0 Å². The van der Waals surface area contributed by atoms with Crippen molar-refractivity contribution in [2.24, 2.45) is 0 Å². The molecule has 21 heavy (non-hydrogen) atoms. The Hall–Kier alpha value is -0.560. The Morgan fingerprint density at radius 2 is 2.05 bits per heavy atom. The lowest BCUT2D eigenvalue weighted by molar-refractivity contribution is -0.0527. The maximum Gasteiger partial charge on any atom is 0.159 e. The van der Waals surface area contributed by atoms with E-state index in [2.05, 4.69) is 21.2 Å². The first-order chi connectivity index (χ1) is 10.1. The largest absolute Gasteiger partial charge is 0.350 e. The number of halogens is 3. The molecule has 1 atom stereocenters. The summed E-state index contributed by atoms with van der Waals surface area (Å²) in [5.74, 6) is -1.06. The van der Waals surface area contributed by atoms with Gasteiger partial charge in [0, 0.05) is 18.0 Å². The third kappa shape index (κ3) is 4.71. The number of rotatable bonds is 7. The Balaban J connectivity index is 2.08. The van der Waals surface area contributed by atoms with Gasteiger partial charge in [-0.1, -0.05) is 6.92 Å². The van der Waals surface area contributed by atoms with Crippen molar-refractivity contribution in [1.82, 2.24) is 5.32 Å². The summed E-state index contributed by atoms with van der Waals surface area (Å²) in [6, 6.07) is 2.57. The highest BCUT2D eigenvalue weighted by Gasteiger charge is 2.24. The van der Waals surface area contributed by atoms with Crippen LogP contribution in [0.2, 0.25) is 0 Å². The molecule has 1 aromatic rings. The van der Waals surface area contributed by atoms with Crippen LogP contribution in [0.4, 0.5) is 8.78 Å². The van der Waals surface area contributed by atoms with Gasteiger partial charge in [0.1, 0.15) is 11.6 Å². The Labute approximate surface area is 132 Å². The van der Waals surface area contributed by atoms with E-state index < -0.39 is 11.6 Å². The Bertz CT molecular complexity index is 467. The highest BCUT2D eigenvalue weighted by molar-refractivity contribution is 9.10. The minimum atomic E-state index is -0.536. The first-order valence-corrected chi connectivity index (χ1v) is 8.00. The average molecular weight is 364 g/mol. The molecule has 1 heterocycles. The van der Waals surface area contributed by atoms with Crippen LogP contribution in [0.25, 0.3) is 0 Å². The van der Waals surface area contributed by atoms with Crippen LogP contribution in [0, 0.1) is 11.6 Å². The standard InChI is InChI=1S/C15H20BrF2NO2/c1-2-5-19-10(9-14-20-6-7-21-14)8-11-13(17)4-3-12(16)15(11)18/h3-4,10,14,19H,2,5-9H2,1H3. The van der Waals surface area contributed by atoms with Gasteiger partial charge >= 0.3 is 0 Å². The molecular weight excluding hydrogens is 344 g/mol. The molecule has 118 valence electrons. The SMILES string of the molecule is CCCNC(Cc1c(F)ccc(Br)c1F)CC1OCCO1. The second-order valence-corrected chi connectivity index (χ2v) is 5.94. The van der Waals surface area contributed by atoms with E-state index >= 15 is 0 Å². The molecule has 1 fully saturated rings. The zero-order chi connectivity index (χ0) is 15.2. The van der Waals surface area contributed by atoms with Gasteiger partial charge < -0.3 is 14.8 Å². The monoisotopic (exact) mass is 363 g/mol. The Kier molecular flexibility index (Phi) is 6.54. The first-order valence-electron chi connectivity index (χ1n) is 7.20. The zero-order valence-corrected chi connectivity index (χ0v) is 13.6. The third-order valence-electron chi connectivity index (χ3n) is 3.44. The van der Waals surface area contributed by atoms with Crippen LogP contribution in [-0.4, -0.2) is 32.1 Å². The van der Waals surface area contributed by atoms with E-state index in [-0.39, 0.29) is 28.8 Å². The topological polar surface area (TPSA) is 30.5 Å². The van der Waals surface area contributed by atoms with Crippen LogP contribution in [0.1, 0.15) is 25.3 Å². The van der Waals surface area contributed by atoms with Gasteiger partial charge in [-0.3, -0.25) is 0 Å². The van der Waals surface area contributed by atoms with Crippen LogP contribution < -0.4 is 5.32 Å². The summed E-state index contributed by atoms with van der Waals surface area (Å²) in [5.41, 5.74) is 0.0935. The fourth-order valence-electron chi connectivity index (χ4n) is 2.37. The first kappa shape index (κ1) is 16.8. The number of benzene rings is 1. The second kappa shape index (κ2) is 8.17. The molecule has 1 N–H and O–H groups in total. The van der Waals surface area contributed by atoms with Gasteiger partial charge in [-0.25, -0.2) is 8.78 Å². The highest BCUT2D eigenvalue weighted by atomic mass is 79.9. The molecule has 0 bridgehead atoms. The van der Waals surface area contributed by atoms with E-state index in [1.54, 1.807) is 0 Å². The van der Waals surface area contributed by atoms with Gasteiger partial charge in [-0.05, 0) is 47.4 Å². The van der Waals surface area contributed by atoms with Gasteiger partial charge in [0.05, 0.1) is 17.7 Å². The molecule has 1 aliphatic heterocycles. The lowest BCUT2D eigenvalue weighted by atomic mass is 10.0. The number of hydrogen-bond acceptors (Lipinski definition) is 3. The predicted octanol–water partition coefficient (Wildman–Crippen LogP) is 3.40. The maximum absolute atomic E-state index is 14.1. The Morgan fingerprint density at radius 1 is 1.33 bits per heavy atom. The van der Waals surface area contributed by atoms with Crippen LogP contribution in [0.5, 0.6) is 0 Å².